The quantitative estimate of drug-likeness (QED) is 0.838. The molecule has 0 aromatic heterocycles. The van der Waals surface area contributed by atoms with Crippen molar-refractivity contribution in [3.05, 3.63) is 63.1 Å². The lowest BCUT2D eigenvalue weighted by molar-refractivity contribution is 0.405. The van der Waals surface area contributed by atoms with Gasteiger partial charge in [-0.25, -0.2) is 0 Å². The van der Waals surface area contributed by atoms with Gasteiger partial charge in [0, 0.05) is 34.4 Å². The highest BCUT2D eigenvalue weighted by atomic mass is 79.9. The van der Waals surface area contributed by atoms with Gasteiger partial charge in [-0.1, -0.05) is 45.7 Å². The summed E-state index contributed by atoms with van der Waals surface area (Å²) < 4.78 is 1.08. The number of nitrogens with zero attached hydrogens (tertiary/aromatic N) is 1. The van der Waals surface area contributed by atoms with Gasteiger partial charge in [-0.05, 0) is 42.4 Å². The van der Waals surface area contributed by atoms with E-state index in [1.54, 1.807) is 6.07 Å². The molecule has 21 heavy (non-hydrogen) atoms. The molecule has 4 heteroatoms. The van der Waals surface area contributed by atoms with E-state index < -0.39 is 0 Å². The molecule has 0 radical (unpaired) electrons. The first kappa shape index (κ1) is 14.9. The van der Waals surface area contributed by atoms with Crippen LogP contribution >= 0.6 is 27.5 Å². The molecule has 2 aromatic carbocycles. The second-order valence-corrected chi connectivity index (χ2v) is 6.95. The molecule has 2 nitrogen and oxygen atoms in total. The van der Waals surface area contributed by atoms with E-state index in [1.807, 2.05) is 36.4 Å². The summed E-state index contributed by atoms with van der Waals surface area (Å²) in [6.07, 6.45) is 0. The summed E-state index contributed by atoms with van der Waals surface area (Å²) in [4.78, 5) is 2.30. The van der Waals surface area contributed by atoms with Gasteiger partial charge >= 0.3 is 0 Å². The number of benzene rings is 2. The smallest absolute Gasteiger partial charge is 0.119 e. The maximum absolute atomic E-state index is 10.2. The minimum atomic E-state index is 0.269. The molecular formula is C17H17BrClNO. The molecule has 0 bridgehead atoms. The highest BCUT2D eigenvalue weighted by Gasteiger charge is 2.35. The zero-order valence-electron chi connectivity index (χ0n) is 11.8. The number of rotatable bonds is 2. The van der Waals surface area contributed by atoms with Crippen LogP contribution in [-0.2, 0) is 0 Å². The number of aromatic hydroxyl groups is 1. The van der Waals surface area contributed by atoms with Gasteiger partial charge in [0.1, 0.15) is 5.75 Å². The van der Waals surface area contributed by atoms with Gasteiger partial charge < -0.3 is 10.0 Å². The standard InChI is InChI=1S/C17H17BrClNO/c1-20-9-14(12-4-2-3-5-17(12)21)15(10-20)13-8-11(19)6-7-16(13)18/h2-8,14-15,21H,9-10H2,1H3/t14-,15-/m1/s1. The summed E-state index contributed by atoms with van der Waals surface area (Å²) >= 11 is 9.81. The molecule has 1 fully saturated rings. The lowest BCUT2D eigenvalue weighted by Gasteiger charge is -2.21. The van der Waals surface area contributed by atoms with Crippen molar-refractivity contribution in [2.24, 2.45) is 0 Å². The van der Waals surface area contributed by atoms with Crippen molar-refractivity contribution >= 4 is 27.5 Å². The van der Waals surface area contributed by atoms with Crippen molar-refractivity contribution in [3.8, 4) is 5.75 Å². The van der Waals surface area contributed by atoms with E-state index in [1.165, 1.54) is 5.56 Å². The number of likely N-dealkylation sites (tertiary alicyclic amines) is 1. The van der Waals surface area contributed by atoms with Crippen LogP contribution in [-0.4, -0.2) is 30.1 Å². The van der Waals surface area contributed by atoms with Crippen LogP contribution in [0.1, 0.15) is 23.0 Å². The van der Waals surface area contributed by atoms with Crippen molar-refractivity contribution in [1.29, 1.82) is 0 Å². The summed E-state index contributed by atoms with van der Waals surface area (Å²) in [6.45, 7) is 1.89. The minimum Gasteiger partial charge on any atom is -0.508 e. The Hall–Kier alpha value is -1.03. The predicted octanol–water partition coefficient (Wildman–Crippen LogP) is 4.62. The number of para-hydroxylation sites is 1. The fourth-order valence-corrected chi connectivity index (χ4v) is 3.95. The first-order chi connectivity index (χ1) is 10.1. The predicted molar refractivity (Wildman–Crippen MR) is 90.2 cm³/mol. The summed E-state index contributed by atoms with van der Waals surface area (Å²) in [6, 6.07) is 13.5. The normalized spacial score (nSPS) is 22.6. The van der Waals surface area contributed by atoms with Crippen LogP contribution < -0.4 is 0 Å². The van der Waals surface area contributed by atoms with E-state index in [2.05, 4.69) is 27.9 Å². The van der Waals surface area contributed by atoms with E-state index in [0.717, 1.165) is 28.1 Å². The van der Waals surface area contributed by atoms with Crippen molar-refractivity contribution in [2.75, 3.05) is 20.1 Å². The Bertz CT molecular complexity index is 661. The maximum Gasteiger partial charge on any atom is 0.119 e. The Morgan fingerprint density at radius 2 is 1.76 bits per heavy atom. The fraction of sp³-hybridized carbons (Fsp3) is 0.294. The Balaban J connectivity index is 2.04. The van der Waals surface area contributed by atoms with Crippen LogP contribution in [0.25, 0.3) is 0 Å². The highest BCUT2D eigenvalue weighted by molar-refractivity contribution is 9.10. The summed E-state index contributed by atoms with van der Waals surface area (Å²) in [5.41, 5.74) is 2.22. The van der Waals surface area contributed by atoms with Crippen LogP contribution in [0.15, 0.2) is 46.9 Å². The van der Waals surface area contributed by atoms with Crippen LogP contribution in [0.2, 0.25) is 5.02 Å². The maximum atomic E-state index is 10.2. The average Bonchev–Trinajstić information content (AvgIpc) is 2.83. The average molecular weight is 367 g/mol. The first-order valence-electron chi connectivity index (χ1n) is 6.97. The second kappa shape index (κ2) is 5.99. The molecule has 0 unspecified atom stereocenters. The molecule has 0 spiro atoms. The molecule has 0 aliphatic carbocycles. The third-order valence-electron chi connectivity index (χ3n) is 4.20. The Kier molecular flexibility index (Phi) is 4.25. The molecule has 2 aromatic rings. The topological polar surface area (TPSA) is 23.5 Å². The van der Waals surface area contributed by atoms with Crippen LogP contribution in [0.4, 0.5) is 0 Å². The van der Waals surface area contributed by atoms with E-state index in [4.69, 9.17) is 11.6 Å². The summed E-state index contributed by atoms with van der Waals surface area (Å²) in [5.74, 6) is 0.961. The number of phenols is 1. The molecule has 3 rings (SSSR count). The van der Waals surface area contributed by atoms with E-state index in [0.29, 0.717) is 11.7 Å². The van der Waals surface area contributed by atoms with E-state index in [-0.39, 0.29) is 5.92 Å². The van der Waals surface area contributed by atoms with E-state index >= 15 is 0 Å². The van der Waals surface area contributed by atoms with Gasteiger partial charge in [0.2, 0.25) is 0 Å². The SMILES string of the molecule is CN1C[C@H](c2ccccc2O)[C@@H](c2cc(Cl)ccc2Br)C1. The van der Waals surface area contributed by atoms with Gasteiger partial charge in [-0.15, -0.1) is 0 Å². The fourth-order valence-electron chi connectivity index (χ4n) is 3.23. The number of hydrogen-bond acceptors (Lipinski definition) is 2. The number of hydrogen-bond donors (Lipinski definition) is 1. The van der Waals surface area contributed by atoms with Gasteiger partial charge in [0.05, 0.1) is 0 Å². The number of likely N-dealkylation sites (N-methyl/N-ethyl adjacent to an activating group) is 1. The van der Waals surface area contributed by atoms with Gasteiger partial charge in [0.25, 0.3) is 0 Å². The third-order valence-corrected chi connectivity index (χ3v) is 5.15. The zero-order chi connectivity index (χ0) is 15.0. The van der Waals surface area contributed by atoms with Crippen LogP contribution in [0.3, 0.4) is 0 Å². The van der Waals surface area contributed by atoms with Crippen LogP contribution in [0, 0.1) is 0 Å². The van der Waals surface area contributed by atoms with Crippen molar-refractivity contribution in [3.63, 3.8) is 0 Å². The zero-order valence-corrected chi connectivity index (χ0v) is 14.1. The lowest BCUT2D eigenvalue weighted by atomic mass is 9.84. The van der Waals surface area contributed by atoms with Crippen molar-refractivity contribution in [2.45, 2.75) is 11.8 Å². The molecule has 1 aliphatic heterocycles. The Morgan fingerprint density at radius 1 is 1.10 bits per heavy atom. The van der Waals surface area contributed by atoms with E-state index in [9.17, 15) is 5.11 Å². The third kappa shape index (κ3) is 2.96. The molecule has 1 aliphatic rings. The largest absolute Gasteiger partial charge is 0.508 e. The molecule has 2 atom stereocenters. The molecule has 0 saturated carbocycles. The molecule has 1 N–H and O–H groups in total. The minimum absolute atomic E-state index is 0.269. The second-order valence-electron chi connectivity index (χ2n) is 5.66. The lowest BCUT2D eigenvalue weighted by Crippen LogP contribution is -2.13. The number of phenolic OH excluding ortho intramolecular Hbond substituents is 1. The van der Waals surface area contributed by atoms with Gasteiger partial charge in [-0.2, -0.15) is 0 Å². The first-order valence-corrected chi connectivity index (χ1v) is 8.14. The van der Waals surface area contributed by atoms with Gasteiger partial charge in [-0.3, -0.25) is 0 Å². The van der Waals surface area contributed by atoms with Crippen molar-refractivity contribution < 1.29 is 5.11 Å². The Labute approximate surface area is 138 Å². The molecule has 1 saturated heterocycles. The summed E-state index contributed by atoms with van der Waals surface area (Å²) in [5, 5.41) is 10.9. The highest BCUT2D eigenvalue weighted by Crippen LogP contribution is 2.44. The van der Waals surface area contributed by atoms with Crippen molar-refractivity contribution in [1.82, 2.24) is 4.90 Å². The monoisotopic (exact) mass is 365 g/mol. The molecule has 0 amide bonds. The Morgan fingerprint density at radius 3 is 2.48 bits per heavy atom. The summed E-state index contributed by atoms with van der Waals surface area (Å²) in [7, 11) is 2.12. The van der Waals surface area contributed by atoms with Gasteiger partial charge in [0.15, 0.2) is 0 Å². The molecule has 110 valence electrons. The van der Waals surface area contributed by atoms with Crippen LogP contribution in [0.5, 0.6) is 5.75 Å². The molecule has 1 heterocycles. The molecular weight excluding hydrogens is 350 g/mol. The number of halogens is 2.